The van der Waals surface area contributed by atoms with Crippen LogP contribution in [-0.2, 0) is 12.8 Å². The molecular formula is C22H23N8+. The number of fused-ring (bicyclic) bond motifs is 1. The van der Waals surface area contributed by atoms with Gasteiger partial charge in [0, 0.05) is 23.9 Å². The van der Waals surface area contributed by atoms with E-state index in [0.29, 0.717) is 6.04 Å². The summed E-state index contributed by atoms with van der Waals surface area (Å²) in [5.41, 5.74) is 7.88. The van der Waals surface area contributed by atoms with Gasteiger partial charge in [-0.05, 0) is 50.7 Å². The summed E-state index contributed by atoms with van der Waals surface area (Å²) in [5, 5.41) is 8.36. The number of rotatable bonds is 5. The standard InChI is InChI=1S/C22H23N8/c1-2-6-20-18(4-1)23-14-29(20)17-10-12-28(13-11-17)27-21-7-3-5-19(25-21)22-26-24-15-30(22)16-8-9-16/h3,5,7,10-16H,1-2,4,6,8-9H2,(H,25,27)/q+1. The van der Waals surface area contributed by atoms with Crippen molar-refractivity contribution >= 4 is 5.82 Å². The molecule has 6 rings (SSSR count). The predicted molar refractivity (Wildman–Crippen MR) is 111 cm³/mol. The third-order valence-electron chi connectivity index (χ3n) is 5.86. The Labute approximate surface area is 174 Å². The molecule has 8 nitrogen and oxygen atoms in total. The van der Waals surface area contributed by atoms with E-state index in [1.165, 1.54) is 37.1 Å². The number of pyridine rings is 2. The van der Waals surface area contributed by atoms with Gasteiger partial charge >= 0.3 is 0 Å². The van der Waals surface area contributed by atoms with E-state index in [1.807, 2.05) is 41.6 Å². The van der Waals surface area contributed by atoms with E-state index in [9.17, 15) is 0 Å². The van der Waals surface area contributed by atoms with Gasteiger partial charge < -0.3 is 9.13 Å². The van der Waals surface area contributed by atoms with Crippen LogP contribution in [0.1, 0.15) is 43.1 Å². The van der Waals surface area contributed by atoms with Crippen LogP contribution in [0.2, 0.25) is 0 Å². The Bertz CT molecular complexity index is 1190. The smallest absolute Gasteiger partial charge is 0.202 e. The zero-order chi connectivity index (χ0) is 19.9. The summed E-state index contributed by atoms with van der Waals surface area (Å²) in [4.78, 5) is 9.34. The molecule has 4 aromatic rings. The number of nitrogens with one attached hydrogen (secondary N) is 1. The van der Waals surface area contributed by atoms with Crippen molar-refractivity contribution < 1.29 is 4.68 Å². The highest BCUT2D eigenvalue weighted by atomic mass is 15.4. The summed E-state index contributed by atoms with van der Waals surface area (Å²) in [7, 11) is 0. The second-order valence-corrected chi connectivity index (χ2v) is 7.99. The molecule has 2 aliphatic carbocycles. The van der Waals surface area contributed by atoms with Crippen LogP contribution in [0.15, 0.2) is 55.4 Å². The molecule has 0 radical (unpaired) electrons. The number of anilines is 1. The van der Waals surface area contributed by atoms with Crippen LogP contribution in [0.4, 0.5) is 5.82 Å². The average molecular weight is 399 g/mol. The van der Waals surface area contributed by atoms with Crippen LogP contribution in [0, 0.1) is 0 Å². The van der Waals surface area contributed by atoms with Gasteiger partial charge in [-0.25, -0.2) is 9.97 Å². The summed E-state index contributed by atoms with van der Waals surface area (Å²) in [6, 6.07) is 10.6. The van der Waals surface area contributed by atoms with Crippen molar-refractivity contribution in [3.8, 4) is 17.2 Å². The van der Waals surface area contributed by atoms with E-state index in [1.54, 1.807) is 6.33 Å². The Kier molecular flexibility index (Phi) is 4.07. The molecule has 0 aliphatic heterocycles. The second kappa shape index (κ2) is 7.05. The molecule has 4 aromatic heterocycles. The maximum Gasteiger partial charge on any atom is 0.202 e. The molecule has 0 unspecified atom stereocenters. The molecule has 30 heavy (non-hydrogen) atoms. The van der Waals surface area contributed by atoms with Gasteiger partial charge in [0.05, 0.1) is 17.7 Å². The van der Waals surface area contributed by atoms with Crippen LogP contribution in [0.25, 0.3) is 17.2 Å². The first-order chi connectivity index (χ1) is 14.8. The molecule has 1 N–H and O–H groups in total. The second-order valence-electron chi connectivity index (χ2n) is 7.99. The van der Waals surface area contributed by atoms with Gasteiger partial charge in [0.1, 0.15) is 12.0 Å². The van der Waals surface area contributed by atoms with Gasteiger partial charge in [-0.15, -0.1) is 15.6 Å². The van der Waals surface area contributed by atoms with Gasteiger partial charge in [0.15, 0.2) is 11.6 Å². The van der Waals surface area contributed by atoms with Crippen molar-refractivity contribution in [2.75, 3.05) is 5.43 Å². The van der Waals surface area contributed by atoms with Crippen LogP contribution in [0.3, 0.4) is 0 Å². The average Bonchev–Trinajstić information content (AvgIpc) is 3.35. The number of imidazole rings is 1. The minimum absolute atomic E-state index is 0.518. The van der Waals surface area contributed by atoms with Crippen LogP contribution in [0.5, 0.6) is 0 Å². The summed E-state index contributed by atoms with van der Waals surface area (Å²) in [6.07, 6.45) is 14.8. The molecule has 2 aliphatic rings. The molecule has 0 bridgehead atoms. The van der Waals surface area contributed by atoms with Crippen molar-refractivity contribution in [2.24, 2.45) is 0 Å². The molecule has 0 spiro atoms. The minimum atomic E-state index is 0.518. The normalized spacial score (nSPS) is 15.7. The van der Waals surface area contributed by atoms with Crippen molar-refractivity contribution in [1.29, 1.82) is 0 Å². The number of aromatic nitrogens is 7. The van der Waals surface area contributed by atoms with Crippen molar-refractivity contribution in [3.05, 3.63) is 66.8 Å². The molecule has 8 heteroatoms. The molecule has 0 atom stereocenters. The van der Waals surface area contributed by atoms with Crippen LogP contribution in [-0.4, -0.2) is 29.3 Å². The van der Waals surface area contributed by atoms with Crippen molar-refractivity contribution in [3.63, 3.8) is 0 Å². The lowest BCUT2D eigenvalue weighted by molar-refractivity contribution is -0.643. The molecule has 1 saturated carbocycles. The lowest BCUT2D eigenvalue weighted by atomic mass is 10.0. The first-order valence-corrected chi connectivity index (χ1v) is 10.6. The zero-order valence-electron chi connectivity index (χ0n) is 16.6. The molecule has 0 saturated heterocycles. The molecule has 4 heterocycles. The lowest BCUT2D eigenvalue weighted by Crippen LogP contribution is -2.41. The van der Waals surface area contributed by atoms with E-state index in [-0.39, 0.29) is 0 Å². The first kappa shape index (κ1) is 17.3. The maximum atomic E-state index is 4.74. The maximum absolute atomic E-state index is 4.74. The Morgan fingerprint density at radius 2 is 1.87 bits per heavy atom. The van der Waals surface area contributed by atoms with E-state index in [2.05, 4.69) is 41.9 Å². The van der Waals surface area contributed by atoms with Gasteiger partial charge in [0.2, 0.25) is 12.4 Å². The Balaban J connectivity index is 1.23. The third kappa shape index (κ3) is 3.14. The minimum Gasteiger partial charge on any atom is -0.309 e. The van der Waals surface area contributed by atoms with Gasteiger partial charge in [-0.1, -0.05) is 10.7 Å². The third-order valence-corrected chi connectivity index (χ3v) is 5.86. The van der Waals surface area contributed by atoms with Gasteiger partial charge in [-0.3, -0.25) is 0 Å². The highest BCUT2D eigenvalue weighted by Gasteiger charge is 2.27. The quantitative estimate of drug-likeness (QED) is 0.522. The van der Waals surface area contributed by atoms with Gasteiger partial charge in [0.25, 0.3) is 0 Å². The first-order valence-electron chi connectivity index (χ1n) is 10.6. The number of nitrogens with zero attached hydrogens (tertiary/aromatic N) is 7. The van der Waals surface area contributed by atoms with Crippen LogP contribution >= 0.6 is 0 Å². The highest BCUT2D eigenvalue weighted by Crippen LogP contribution is 2.37. The fourth-order valence-corrected chi connectivity index (χ4v) is 4.15. The Morgan fingerprint density at radius 1 is 1.00 bits per heavy atom. The number of hydrogen-bond donors (Lipinski definition) is 1. The summed E-state index contributed by atoms with van der Waals surface area (Å²) < 4.78 is 6.24. The molecule has 1 fully saturated rings. The van der Waals surface area contributed by atoms with E-state index in [0.717, 1.165) is 35.9 Å². The molecule has 0 amide bonds. The Hall–Kier alpha value is -3.55. The summed E-state index contributed by atoms with van der Waals surface area (Å²) in [6.45, 7) is 0. The van der Waals surface area contributed by atoms with E-state index < -0.39 is 0 Å². The zero-order valence-corrected chi connectivity index (χ0v) is 16.6. The molecule has 150 valence electrons. The SMILES string of the molecule is c1cc(N[n+]2ccc(-n3cnc4c3CCCC4)cc2)nc(-c2nncn2C2CC2)c1. The monoisotopic (exact) mass is 399 g/mol. The summed E-state index contributed by atoms with van der Waals surface area (Å²) >= 11 is 0. The highest BCUT2D eigenvalue weighted by molar-refractivity contribution is 5.53. The van der Waals surface area contributed by atoms with E-state index >= 15 is 0 Å². The Morgan fingerprint density at radius 3 is 2.73 bits per heavy atom. The molecule has 0 aromatic carbocycles. The van der Waals surface area contributed by atoms with Crippen molar-refractivity contribution in [2.45, 2.75) is 44.6 Å². The molecular weight excluding hydrogens is 376 g/mol. The fourth-order valence-electron chi connectivity index (χ4n) is 4.15. The topological polar surface area (TPSA) is 77.3 Å². The van der Waals surface area contributed by atoms with Crippen molar-refractivity contribution in [1.82, 2.24) is 29.3 Å². The van der Waals surface area contributed by atoms with Crippen LogP contribution < -0.4 is 10.1 Å². The number of aryl methyl sites for hydroxylation is 1. The predicted octanol–water partition coefficient (Wildman–Crippen LogP) is 2.90. The number of hydrogen-bond acceptors (Lipinski definition) is 5. The van der Waals surface area contributed by atoms with Gasteiger partial charge in [-0.2, -0.15) is 0 Å². The summed E-state index contributed by atoms with van der Waals surface area (Å²) in [5.74, 6) is 1.59. The lowest BCUT2D eigenvalue weighted by Gasteiger charge is -2.13. The fraction of sp³-hybridized carbons (Fsp3) is 0.318. The van der Waals surface area contributed by atoms with E-state index in [4.69, 9.17) is 4.98 Å². The largest absolute Gasteiger partial charge is 0.309 e.